The van der Waals surface area contributed by atoms with Crippen LogP contribution in [0.2, 0.25) is 0 Å². The number of benzene rings is 1. The van der Waals surface area contributed by atoms with E-state index in [9.17, 15) is 8.78 Å². The number of aromatic nitrogens is 1. The fraction of sp³-hybridized carbons (Fsp3) is 0.480. The van der Waals surface area contributed by atoms with Gasteiger partial charge in [-0.2, -0.15) is 0 Å². The highest BCUT2D eigenvalue weighted by atomic mass is 31.0. The molecule has 2 aromatic rings. The second-order valence-corrected chi connectivity index (χ2v) is 6.83. The Hall–Kier alpha value is -2.40. The summed E-state index contributed by atoms with van der Waals surface area (Å²) in [5, 5.41) is 9.28. The highest BCUT2D eigenvalue weighted by molar-refractivity contribution is 7.28. The summed E-state index contributed by atoms with van der Waals surface area (Å²) in [7, 11) is 4.36. The first-order valence-electron chi connectivity index (χ1n) is 11.5. The Labute approximate surface area is 201 Å². The van der Waals surface area contributed by atoms with Crippen LogP contribution < -0.4 is 21.1 Å². The molecular weight excluding hydrogens is 441 g/mol. The maximum atomic E-state index is 14.7. The van der Waals surface area contributed by atoms with Gasteiger partial charge in [0.15, 0.2) is 11.6 Å². The fourth-order valence-corrected chi connectivity index (χ4v) is 2.99. The zero-order valence-corrected chi connectivity index (χ0v) is 23.3. The lowest BCUT2D eigenvalue weighted by Gasteiger charge is -2.25. The van der Waals surface area contributed by atoms with Crippen molar-refractivity contribution in [3.63, 3.8) is 0 Å². The number of hydrazine groups is 1. The van der Waals surface area contributed by atoms with E-state index in [1.165, 1.54) is 0 Å². The zero-order chi connectivity index (χ0) is 26.1. The van der Waals surface area contributed by atoms with Crippen molar-refractivity contribution < 1.29 is 13.3 Å². The molecule has 0 fully saturated rings. The van der Waals surface area contributed by atoms with Gasteiger partial charge >= 0.3 is 0 Å². The van der Waals surface area contributed by atoms with Crippen molar-refractivity contribution in [1.82, 2.24) is 10.6 Å². The van der Waals surface area contributed by atoms with E-state index < -0.39 is 11.7 Å². The Morgan fingerprint density at radius 3 is 2.09 bits per heavy atom. The first-order valence-corrected chi connectivity index (χ1v) is 12.1. The number of nitrogens with one attached hydrogen (secondary N) is 2. The van der Waals surface area contributed by atoms with Gasteiger partial charge in [0.1, 0.15) is 11.5 Å². The number of hydrogen-bond donors (Lipinski definition) is 2. The summed E-state index contributed by atoms with van der Waals surface area (Å²) in [4.78, 5) is 0. The molecule has 33 heavy (non-hydrogen) atoms. The Kier molecular flexibility index (Phi) is 18.0. The van der Waals surface area contributed by atoms with Gasteiger partial charge in [0.2, 0.25) is 0 Å². The third-order valence-electron chi connectivity index (χ3n) is 4.03. The van der Waals surface area contributed by atoms with Gasteiger partial charge in [-0.05, 0) is 38.6 Å². The lowest BCUT2D eigenvalue weighted by Crippen LogP contribution is -2.35. The summed E-state index contributed by atoms with van der Waals surface area (Å²) in [5.74, 6) is -1.23. The summed E-state index contributed by atoms with van der Waals surface area (Å²) in [6, 6.07) is 5.68. The molecule has 2 N–H and O–H groups in total. The molecule has 1 aromatic heterocycles. The summed E-state index contributed by atoms with van der Waals surface area (Å²) >= 11 is 0. The van der Waals surface area contributed by atoms with Gasteiger partial charge in [0.25, 0.3) is 0 Å². The van der Waals surface area contributed by atoms with Crippen LogP contribution in [0.1, 0.15) is 73.1 Å². The predicted octanol–water partition coefficient (Wildman–Crippen LogP) is 7.72. The molecule has 1 unspecified atom stereocenters. The summed E-state index contributed by atoms with van der Waals surface area (Å²) in [5.41, 5.74) is 6.08. The molecule has 0 radical (unpaired) electrons. The quantitative estimate of drug-likeness (QED) is 0.239. The number of nitrogens with zero attached hydrogens (tertiary/aromatic N) is 2. The second kappa shape index (κ2) is 18.1. The van der Waals surface area contributed by atoms with E-state index in [1.807, 2.05) is 73.6 Å². The topological polar surface area (TPSA) is 53.3 Å². The van der Waals surface area contributed by atoms with Crippen molar-refractivity contribution in [1.29, 1.82) is 0 Å². The number of rotatable bonds is 7. The van der Waals surface area contributed by atoms with E-state index in [4.69, 9.17) is 4.52 Å². The number of allylic oxidation sites excluding steroid dienone is 3. The highest BCUT2D eigenvalue weighted by Crippen LogP contribution is 2.25. The summed E-state index contributed by atoms with van der Waals surface area (Å²) < 4.78 is 33.5. The Balaban J connectivity index is 0. The van der Waals surface area contributed by atoms with Crippen LogP contribution in [0.5, 0.6) is 0 Å². The van der Waals surface area contributed by atoms with Gasteiger partial charge in [0, 0.05) is 12.7 Å². The monoisotopic (exact) mass is 484 g/mol. The minimum atomic E-state index is -0.945. The normalized spacial score (nSPS) is 11.2. The molecule has 1 heterocycles. The molecule has 0 aliphatic rings. The SMILES string of the molecule is CC.CC.CC.CC/C(NN(C)c1cnoc1C)=C(Nc1ccc(C)cc1P)\C(F)=C(/C)F. The van der Waals surface area contributed by atoms with E-state index in [-0.39, 0.29) is 5.70 Å². The third-order valence-corrected chi connectivity index (χ3v) is 4.51. The van der Waals surface area contributed by atoms with E-state index in [1.54, 1.807) is 25.2 Å². The summed E-state index contributed by atoms with van der Waals surface area (Å²) in [6.45, 7) is 18.7. The smallest absolute Gasteiger partial charge is 0.179 e. The molecule has 5 nitrogen and oxygen atoms in total. The predicted molar refractivity (Wildman–Crippen MR) is 143 cm³/mol. The Bertz CT molecular complexity index is 875. The van der Waals surface area contributed by atoms with Gasteiger partial charge < -0.3 is 15.3 Å². The molecule has 0 saturated heterocycles. The molecule has 0 aliphatic carbocycles. The lowest BCUT2D eigenvalue weighted by atomic mass is 10.2. The van der Waals surface area contributed by atoms with Crippen LogP contribution in [0.15, 0.2) is 52.0 Å². The van der Waals surface area contributed by atoms with Gasteiger partial charge in [-0.3, -0.25) is 5.01 Å². The molecule has 1 aromatic carbocycles. The molecule has 0 aliphatic heterocycles. The Morgan fingerprint density at radius 1 is 1.09 bits per heavy atom. The van der Waals surface area contributed by atoms with Crippen molar-refractivity contribution >= 4 is 25.9 Å². The maximum Gasteiger partial charge on any atom is 0.179 e. The van der Waals surface area contributed by atoms with Crippen LogP contribution in [0.25, 0.3) is 0 Å². The lowest BCUT2D eigenvalue weighted by molar-refractivity contribution is 0.397. The van der Waals surface area contributed by atoms with Gasteiger partial charge in [-0.1, -0.05) is 71.3 Å². The average molecular weight is 485 g/mol. The minimum Gasteiger partial charge on any atom is -0.359 e. The zero-order valence-electron chi connectivity index (χ0n) is 22.2. The summed E-state index contributed by atoms with van der Waals surface area (Å²) in [6.07, 6.45) is 1.99. The van der Waals surface area contributed by atoms with Crippen LogP contribution in [0.4, 0.5) is 20.2 Å². The molecule has 0 saturated carbocycles. The molecular formula is C25H43F2N4OP. The van der Waals surface area contributed by atoms with Crippen LogP contribution in [-0.2, 0) is 0 Å². The molecule has 1 atom stereocenters. The van der Waals surface area contributed by atoms with Crippen LogP contribution in [0.3, 0.4) is 0 Å². The molecule has 0 amide bonds. The van der Waals surface area contributed by atoms with E-state index in [2.05, 4.69) is 25.1 Å². The maximum absolute atomic E-state index is 14.7. The standard InChI is InChI=1S/C19H25F2N4OP.3C2H6/c1-6-14(24-25(5)16-10-22-26-13(16)4)19(18(21)12(3)20)23-15-8-7-11(2)9-17(15)27;3*1-2/h7-10,23-24H,6,27H2,1-5H3;3*1-2H3/b18-12-,19-14-;;;. The second-order valence-electron chi connectivity index (χ2n) is 6.21. The van der Waals surface area contributed by atoms with Crippen molar-refractivity contribution in [3.05, 3.63) is 58.8 Å². The highest BCUT2D eigenvalue weighted by Gasteiger charge is 2.18. The van der Waals surface area contributed by atoms with E-state index >= 15 is 0 Å². The Morgan fingerprint density at radius 2 is 1.67 bits per heavy atom. The fourth-order valence-electron chi connectivity index (χ4n) is 2.56. The molecule has 2 rings (SSSR count). The molecule has 0 bridgehead atoms. The number of hydrogen-bond acceptors (Lipinski definition) is 5. The average Bonchev–Trinajstić information content (AvgIpc) is 3.26. The molecule has 188 valence electrons. The van der Waals surface area contributed by atoms with Gasteiger partial charge in [0.05, 0.1) is 17.6 Å². The van der Waals surface area contributed by atoms with Crippen LogP contribution in [0, 0.1) is 13.8 Å². The first-order chi connectivity index (χ1) is 15.7. The number of halogens is 2. The first kappa shape index (κ1) is 32.8. The van der Waals surface area contributed by atoms with Crippen molar-refractivity contribution in [2.75, 3.05) is 17.4 Å². The van der Waals surface area contributed by atoms with E-state index in [0.29, 0.717) is 29.3 Å². The molecule has 8 heteroatoms. The molecule has 0 spiro atoms. The van der Waals surface area contributed by atoms with Gasteiger partial charge in [-0.15, -0.1) is 9.24 Å². The van der Waals surface area contributed by atoms with Crippen molar-refractivity contribution in [2.45, 2.75) is 75.7 Å². The van der Waals surface area contributed by atoms with Crippen LogP contribution in [-0.4, -0.2) is 12.2 Å². The van der Waals surface area contributed by atoms with Crippen molar-refractivity contribution in [3.8, 4) is 0 Å². The third kappa shape index (κ3) is 10.4. The minimum absolute atomic E-state index is 0.0472. The van der Waals surface area contributed by atoms with Gasteiger partial charge in [-0.25, -0.2) is 8.78 Å². The van der Waals surface area contributed by atoms with Crippen LogP contribution >= 0.6 is 9.24 Å². The largest absolute Gasteiger partial charge is 0.359 e. The van der Waals surface area contributed by atoms with E-state index in [0.717, 1.165) is 17.8 Å². The number of anilines is 2. The van der Waals surface area contributed by atoms with Crippen molar-refractivity contribution in [2.24, 2.45) is 0 Å². The number of aryl methyl sites for hydroxylation is 2.